The van der Waals surface area contributed by atoms with E-state index in [4.69, 9.17) is 11.6 Å². The molecule has 84 valence electrons. The van der Waals surface area contributed by atoms with Crippen LogP contribution in [0.1, 0.15) is 22.8 Å². The molecule has 0 radical (unpaired) electrons. The van der Waals surface area contributed by atoms with Gasteiger partial charge in [0.25, 0.3) is 0 Å². The Labute approximate surface area is 99.0 Å². The van der Waals surface area contributed by atoms with E-state index in [1.54, 1.807) is 10.8 Å². The molecule has 0 N–H and O–H groups in total. The van der Waals surface area contributed by atoms with E-state index < -0.39 is 0 Å². The van der Waals surface area contributed by atoms with Gasteiger partial charge in [-0.05, 0) is 30.5 Å². The zero-order valence-electron chi connectivity index (χ0n) is 9.33. The lowest BCUT2D eigenvalue weighted by molar-refractivity contribution is 0.0941. The third-order valence-electron chi connectivity index (χ3n) is 2.68. The van der Waals surface area contributed by atoms with Gasteiger partial charge in [0, 0.05) is 30.6 Å². The molecule has 0 unspecified atom stereocenters. The molecule has 0 aliphatic rings. The average Bonchev–Trinajstić information content (AvgIpc) is 2.59. The minimum Gasteiger partial charge on any atom is -0.274 e. The van der Waals surface area contributed by atoms with Gasteiger partial charge in [0.05, 0.1) is 0 Å². The summed E-state index contributed by atoms with van der Waals surface area (Å²) in [5, 5.41) is 1.05. The molecular weight excluding hydrogens is 224 g/mol. The molecule has 0 saturated carbocycles. The lowest BCUT2D eigenvalue weighted by Crippen LogP contribution is -2.04. The summed E-state index contributed by atoms with van der Waals surface area (Å²) in [5.41, 5.74) is 2.95. The molecule has 0 fully saturated rings. The molecule has 4 heteroatoms. The van der Waals surface area contributed by atoms with Crippen LogP contribution in [0.15, 0.2) is 18.5 Å². The van der Waals surface area contributed by atoms with Gasteiger partial charge >= 0.3 is 0 Å². The number of fused-ring (bicyclic) bond motifs is 1. The number of halogens is 1. The Morgan fingerprint density at radius 1 is 1.56 bits per heavy atom. The normalized spacial score (nSPS) is 10.9. The second-order valence-corrected chi connectivity index (χ2v) is 4.19. The number of alkyl halides is 1. The molecule has 3 nitrogen and oxygen atoms in total. The standard InChI is InChI=1S/C12H13ClN2O/c1-8-4-6-14-12-11(8)10(3-5-13)7-15(12)9(2)16/h4,6-7H,3,5H2,1-2H3. The molecule has 16 heavy (non-hydrogen) atoms. The molecule has 2 rings (SSSR count). The highest BCUT2D eigenvalue weighted by Gasteiger charge is 2.13. The maximum Gasteiger partial charge on any atom is 0.229 e. The monoisotopic (exact) mass is 236 g/mol. The van der Waals surface area contributed by atoms with Crippen molar-refractivity contribution in [3.63, 3.8) is 0 Å². The first-order valence-corrected chi connectivity index (χ1v) is 5.71. The Morgan fingerprint density at radius 2 is 2.31 bits per heavy atom. The average molecular weight is 237 g/mol. The van der Waals surface area contributed by atoms with E-state index >= 15 is 0 Å². The molecule has 2 aromatic rings. The van der Waals surface area contributed by atoms with Crippen LogP contribution in [0.3, 0.4) is 0 Å². The van der Waals surface area contributed by atoms with Gasteiger partial charge in [0.1, 0.15) is 5.65 Å². The zero-order valence-corrected chi connectivity index (χ0v) is 10.1. The van der Waals surface area contributed by atoms with Crippen molar-refractivity contribution in [1.82, 2.24) is 9.55 Å². The van der Waals surface area contributed by atoms with Crippen molar-refractivity contribution in [2.24, 2.45) is 0 Å². The topological polar surface area (TPSA) is 34.9 Å². The summed E-state index contributed by atoms with van der Waals surface area (Å²) < 4.78 is 1.59. The minimum absolute atomic E-state index is 0.0241. The summed E-state index contributed by atoms with van der Waals surface area (Å²) in [6, 6.07) is 1.95. The Bertz CT molecular complexity index is 545. The van der Waals surface area contributed by atoms with Crippen LogP contribution in [0, 0.1) is 6.92 Å². The Balaban J connectivity index is 2.76. The van der Waals surface area contributed by atoms with Gasteiger partial charge in [-0.15, -0.1) is 11.6 Å². The van der Waals surface area contributed by atoms with Crippen LogP contribution in [0.4, 0.5) is 0 Å². The lowest BCUT2D eigenvalue weighted by Gasteiger charge is -1.99. The van der Waals surface area contributed by atoms with Crippen LogP contribution in [-0.4, -0.2) is 21.3 Å². The number of aryl methyl sites for hydroxylation is 2. The first-order valence-electron chi connectivity index (χ1n) is 5.17. The van der Waals surface area contributed by atoms with Gasteiger partial charge in [0.2, 0.25) is 5.91 Å². The van der Waals surface area contributed by atoms with Crippen LogP contribution in [0.25, 0.3) is 11.0 Å². The molecule has 2 aromatic heterocycles. The number of rotatable bonds is 2. The van der Waals surface area contributed by atoms with Crippen molar-refractivity contribution in [2.75, 3.05) is 5.88 Å². The fourth-order valence-corrected chi connectivity index (χ4v) is 2.14. The molecule has 0 aliphatic heterocycles. The Hall–Kier alpha value is -1.35. The van der Waals surface area contributed by atoms with Gasteiger partial charge in [0.15, 0.2) is 0 Å². The van der Waals surface area contributed by atoms with Crippen LogP contribution in [-0.2, 0) is 6.42 Å². The molecule has 0 amide bonds. The maximum absolute atomic E-state index is 11.5. The van der Waals surface area contributed by atoms with Crippen LogP contribution in [0.2, 0.25) is 0 Å². The number of carbonyl (C=O) groups is 1. The van der Waals surface area contributed by atoms with Gasteiger partial charge in [-0.25, -0.2) is 4.98 Å². The summed E-state index contributed by atoms with van der Waals surface area (Å²) in [4.78, 5) is 15.7. The predicted molar refractivity (Wildman–Crippen MR) is 65.2 cm³/mol. The van der Waals surface area contributed by atoms with Crippen molar-refractivity contribution in [1.29, 1.82) is 0 Å². The van der Waals surface area contributed by atoms with Gasteiger partial charge in [-0.3, -0.25) is 9.36 Å². The number of aromatic nitrogens is 2. The van der Waals surface area contributed by atoms with Gasteiger partial charge < -0.3 is 0 Å². The molecular formula is C12H13ClN2O. The number of hydrogen-bond donors (Lipinski definition) is 0. The maximum atomic E-state index is 11.5. The van der Waals surface area contributed by atoms with E-state index in [-0.39, 0.29) is 5.91 Å². The van der Waals surface area contributed by atoms with E-state index in [1.807, 2.05) is 19.2 Å². The lowest BCUT2D eigenvalue weighted by atomic mass is 10.1. The predicted octanol–water partition coefficient (Wildman–Crippen LogP) is 2.79. The quantitative estimate of drug-likeness (QED) is 0.752. The largest absolute Gasteiger partial charge is 0.274 e. The molecule has 2 heterocycles. The van der Waals surface area contributed by atoms with E-state index in [0.29, 0.717) is 5.88 Å². The molecule has 0 bridgehead atoms. The zero-order chi connectivity index (χ0) is 11.7. The highest BCUT2D eigenvalue weighted by atomic mass is 35.5. The van der Waals surface area contributed by atoms with E-state index in [0.717, 1.165) is 28.6 Å². The summed E-state index contributed by atoms with van der Waals surface area (Å²) >= 11 is 5.76. The second kappa shape index (κ2) is 4.26. The summed E-state index contributed by atoms with van der Waals surface area (Å²) in [7, 11) is 0. The van der Waals surface area contributed by atoms with Gasteiger partial charge in [-0.1, -0.05) is 0 Å². The van der Waals surface area contributed by atoms with E-state index in [1.165, 1.54) is 6.92 Å². The van der Waals surface area contributed by atoms with Crippen LogP contribution < -0.4 is 0 Å². The van der Waals surface area contributed by atoms with Crippen LogP contribution >= 0.6 is 11.6 Å². The molecule has 0 spiro atoms. The second-order valence-electron chi connectivity index (χ2n) is 3.81. The fourth-order valence-electron chi connectivity index (χ4n) is 1.94. The third-order valence-corrected chi connectivity index (χ3v) is 2.87. The van der Waals surface area contributed by atoms with Crippen molar-refractivity contribution in [3.8, 4) is 0 Å². The number of hydrogen-bond acceptors (Lipinski definition) is 2. The molecule has 0 aliphatic carbocycles. The first-order chi connectivity index (χ1) is 7.65. The van der Waals surface area contributed by atoms with E-state index in [2.05, 4.69) is 4.98 Å². The van der Waals surface area contributed by atoms with Crippen molar-refractivity contribution >= 4 is 28.5 Å². The molecule has 0 aromatic carbocycles. The fraction of sp³-hybridized carbons (Fsp3) is 0.333. The SMILES string of the molecule is CC(=O)n1cc(CCCl)c2c(C)ccnc21. The number of carbonyl (C=O) groups excluding carboxylic acids is 1. The number of nitrogens with zero attached hydrogens (tertiary/aromatic N) is 2. The smallest absolute Gasteiger partial charge is 0.229 e. The van der Waals surface area contributed by atoms with Crippen molar-refractivity contribution in [2.45, 2.75) is 20.3 Å². The molecule has 0 atom stereocenters. The van der Waals surface area contributed by atoms with Gasteiger partial charge in [-0.2, -0.15) is 0 Å². The highest BCUT2D eigenvalue weighted by Crippen LogP contribution is 2.23. The van der Waals surface area contributed by atoms with Crippen molar-refractivity contribution in [3.05, 3.63) is 29.6 Å². The summed E-state index contributed by atoms with van der Waals surface area (Å²) in [6.07, 6.45) is 4.32. The minimum atomic E-state index is -0.0241. The van der Waals surface area contributed by atoms with E-state index in [9.17, 15) is 4.79 Å². The molecule has 0 saturated heterocycles. The third kappa shape index (κ3) is 1.71. The highest BCUT2D eigenvalue weighted by molar-refractivity contribution is 6.18. The Morgan fingerprint density at radius 3 is 2.94 bits per heavy atom. The first kappa shape index (κ1) is 11.1. The number of pyridine rings is 1. The van der Waals surface area contributed by atoms with Crippen molar-refractivity contribution < 1.29 is 4.79 Å². The Kier molecular flexibility index (Phi) is 2.97. The van der Waals surface area contributed by atoms with Crippen LogP contribution in [0.5, 0.6) is 0 Å². The summed E-state index contributed by atoms with van der Waals surface area (Å²) in [5.74, 6) is 0.523. The summed E-state index contributed by atoms with van der Waals surface area (Å²) in [6.45, 7) is 3.56.